The molecular formula is C25H16N2O5. The van der Waals surface area contributed by atoms with Gasteiger partial charge in [0.2, 0.25) is 5.43 Å². The number of carbonyl (C=O) groups excluding carboxylic acids is 3. The molecule has 5 rings (SSSR count). The van der Waals surface area contributed by atoms with E-state index in [9.17, 15) is 19.2 Å². The second kappa shape index (κ2) is 7.63. The van der Waals surface area contributed by atoms with Crippen molar-refractivity contribution in [2.75, 3.05) is 0 Å². The highest BCUT2D eigenvalue weighted by Gasteiger charge is 2.39. The van der Waals surface area contributed by atoms with Crippen molar-refractivity contribution in [3.8, 4) is 0 Å². The highest BCUT2D eigenvalue weighted by atomic mass is 16.7. The molecule has 3 aromatic carbocycles. The summed E-state index contributed by atoms with van der Waals surface area (Å²) in [7, 11) is 0. The summed E-state index contributed by atoms with van der Waals surface area (Å²) in [5.41, 5.74) is 1.11. The second-order valence-corrected chi connectivity index (χ2v) is 7.33. The Morgan fingerprint density at radius 1 is 0.750 bits per heavy atom. The van der Waals surface area contributed by atoms with Gasteiger partial charge in [-0.05, 0) is 29.8 Å². The van der Waals surface area contributed by atoms with Crippen LogP contribution in [0.4, 0.5) is 0 Å². The molecule has 1 aliphatic rings. The molecule has 0 saturated heterocycles. The predicted octanol–water partition coefficient (Wildman–Crippen LogP) is 3.42. The molecule has 0 N–H and O–H groups in total. The van der Waals surface area contributed by atoms with Crippen molar-refractivity contribution < 1.29 is 19.2 Å². The van der Waals surface area contributed by atoms with E-state index in [-0.39, 0.29) is 16.7 Å². The summed E-state index contributed by atoms with van der Waals surface area (Å²) in [5, 5.41) is 0.739. The largest absolute Gasteiger partial charge is 0.369 e. The first-order chi connectivity index (χ1) is 15.5. The third-order valence-electron chi connectivity index (χ3n) is 5.33. The molecule has 156 valence electrons. The summed E-state index contributed by atoms with van der Waals surface area (Å²) in [5.74, 6) is -2.56. The van der Waals surface area contributed by atoms with Crippen LogP contribution in [0.15, 0.2) is 89.9 Å². The zero-order valence-electron chi connectivity index (χ0n) is 16.7. The van der Waals surface area contributed by atoms with Gasteiger partial charge in [0.25, 0.3) is 11.8 Å². The highest BCUT2D eigenvalue weighted by Crippen LogP contribution is 2.23. The highest BCUT2D eigenvalue weighted by molar-refractivity contribution is 6.21. The number of rotatable bonds is 4. The van der Waals surface area contributed by atoms with Crippen molar-refractivity contribution >= 4 is 28.7 Å². The van der Waals surface area contributed by atoms with Crippen LogP contribution in [-0.2, 0) is 11.4 Å². The van der Waals surface area contributed by atoms with E-state index in [4.69, 9.17) is 4.84 Å². The van der Waals surface area contributed by atoms with Crippen molar-refractivity contribution in [2.45, 2.75) is 6.54 Å². The van der Waals surface area contributed by atoms with Crippen LogP contribution < -0.4 is 5.43 Å². The van der Waals surface area contributed by atoms with E-state index in [1.54, 1.807) is 41.0 Å². The molecule has 0 atom stereocenters. The Bertz CT molecular complexity index is 1420. The zero-order valence-corrected chi connectivity index (χ0v) is 16.7. The van der Waals surface area contributed by atoms with Gasteiger partial charge < -0.3 is 9.40 Å². The summed E-state index contributed by atoms with van der Waals surface area (Å²) < 4.78 is 1.77. The number of fused-ring (bicyclic) bond motifs is 2. The Kier molecular flexibility index (Phi) is 4.63. The smallest absolute Gasteiger partial charge is 0.342 e. The number of hydrogen-bond donors (Lipinski definition) is 0. The van der Waals surface area contributed by atoms with Gasteiger partial charge in [-0.2, -0.15) is 0 Å². The van der Waals surface area contributed by atoms with Gasteiger partial charge in [-0.15, -0.1) is 0 Å². The van der Waals surface area contributed by atoms with Gasteiger partial charge in [-0.1, -0.05) is 59.7 Å². The monoisotopic (exact) mass is 424 g/mol. The summed E-state index contributed by atoms with van der Waals surface area (Å²) in [6.45, 7) is 0.412. The van der Waals surface area contributed by atoms with Gasteiger partial charge in [-0.25, -0.2) is 4.79 Å². The molecule has 0 aliphatic carbocycles. The van der Waals surface area contributed by atoms with Crippen LogP contribution in [0.3, 0.4) is 0 Å². The summed E-state index contributed by atoms with van der Waals surface area (Å²) in [6, 6.07) is 22.7. The average Bonchev–Trinajstić information content (AvgIpc) is 3.06. The van der Waals surface area contributed by atoms with Crippen LogP contribution >= 0.6 is 0 Å². The Hall–Kier alpha value is -4.52. The van der Waals surface area contributed by atoms with Crippen LogP contribution in [0.1, 0.15) is 36.6 Å². The van der Waals surface area contributed by atoms with Crippen molar-refractivity contribution in [3.63, 3.8) is 0 Å². The molecule has 0 unspecified atom stereocenters. The van der Waals surface area contributed by atoms with Gasteiger partial charge in [-0.3, -0.25) is 14.4 Å². The molecule has 0 radical (unpaired) electrons. The number of pyridine rings is 1. The first-order valence-corrected chi connectivity index (χ1v) is 9.91. The predicted molar refractivity (Wildman–Crippen MR) is 116 cm³/mol. The minimum atomic E-state index is -1.07. The van der Waals surface area contributed by atoms with Gasteiger partial charge in [0, 0.05) is 18.1 Å². The van der Waals surface area contributed by atoms with Crippen LogP contribution in [0, 0.1) is 0 Å². The number of imide groups is 1. The zero-order chi connectivity index (χ0) is 22.2. The number of hydroxylamine groups is 2. The Balaban J connectivity index is 1.54. The first kappa shape index (κ1) is 19.4. The number of aromatic nitrogens is 1. The first-order valence-electron chi connectivity index (χ1n) is 9.91. The number of nitrogens with zero attached hydrogens (tertiary/aromatic N) is 2. The summed E-state index contributed by atoms with van der Waals surface area (Å²) in [4.78, 5) is 56.1. The minimum Gasteiger partial charge on any atom is -0.342 e. The second-order valence-electron chi connectivity index (χ2n) is 7.33. The maximum absolute atomic E-state index is 13.0. The number of carbonyl (C=O) groups is 3. The van der Waals surface area contributed by atoms with Gasteiger partial charge >= 0.3 is 5.97 Å². The lowest BCUT2D eigenvalue weighted by atomic mass is 10.1. The summed E-state index contributed by atoms with van der Waals surface area (Å²) >= 11 is 0. The van der Waals surface area contributed by atoms with Crippen LogP contribution in [-0.4, -0.2) is 27.4 Å². The van der Waals surface area contributed by atoms with Gasteiger partial charge in [0.1, 0.15) is 5.56 Å². The molecule has 0 spiro atoms. The molecule has 32 heavy (non-hydrogen) atoms. The van der Waals surface area contributed by atoms with Crippen molar-refractivity contribution in [2.24, 2.45) is 0 Å². The van der Waals surface area contributed by atoms with Crippen LogP contribution in [0.5, 0.6) is 0 Å². The van der Waals surface area contributed by atoms with Gasteiger partial charge in [0.15, 0.2) is 0 Å². The van der Waals surface area contributed by atoms with E-state index < -0.39 is 23.2 Å². The molecule has 2 amide bonds. The summed E-state index contributed by atoms with van der Waals surface area (Å²) in [6.07, 6.45) is 1.40. The number of hydrogen-bond acceptors (Lipinski definition) is 5. The van der Waals surface area contributed by atoms with E-state index in [0.717, 1.165) is 5.56 Å². The van der Waals surface area contributed by atoms with E-state index in [0.29, 0.717) is 22.5 Å². The lowest BCUT2D eigenvalue weighted by molar-refractivity contribution is -0.0585. The lowest BCUT2D eigenvalue weighted by Crippen LogP contribution is -2.34. The third-order valence-corrected chi connectivity index (χ3v) is 5.33. The normalized spacial score (nSPS) is 12.8. The molecule has 0 fully saturated rings. The average molecular weight is 424 g/mol. The lowest BCUT2D eigenvalue weighted by Gasteiger charge is -2.15. The van der Waals surface area contributed by atoms with Crippen LogP contribution in [0.2, 0.25) is 0 Å². The van der Waals surface area contributed by atoms with Crippen molar-refractivity contribution in [1.29, 1.82) is 0 Å². The van der Waals surface area contributed by atoms with E-state index in [1.807, 2.05) is 30.3 Å². The fourth-order valence-electron chi connectivity index (χ4n) is 3.78. The molecule has 0 saturated carbocycles. The molecule has 7 nitrogen and oxygen atoms in total. The van der Waals surface area contributed by atoms with E-state index >= 15 is 0 Å². The standard InChI is InChI=1S/C25H16N2O5/c28-22-19-12-6-7-13-21(19)26(14-16-8-2-1-3-9-16)15-20(22)25(31)32-27-23(29)17-10-4-5-11-18(17)24(27)30/h1-13,15H,14H2. The van der Waals surface area contributed by atoms with Crippen molar-refractivity contribution in [3.05, 3.63) is 118 Å². The molecule has 0 bridgehead atoms. The molecule has 4 aromatic rings. The Morgan fingerprint density at radius 3 is 2.03 bits per heavy atom. The molecule has 1 aromatic heterocycles. The third kappa shape index (κ3) is 3.16. The Labute approximate surface area is 182 Å². The van der Waals surface area contributed by atoms with Crippen molar-refractivity contribution in [1.82, 2.24) is 9.63 Å². The molecule has 7 heteroatoms. The number of para-hydroxylation sites is 1. The van der Waals surface area contributed by atoms with Crippen LogP contribution in [0.25, 0.3) is 10.9 Å². The molecule has 2 heterocycles. The molecule has 1 aliphatic heterocycles. The fraction of sp³-hybridized carbons (Fsp3) is 0.0400. The quantitative estimate of drug-likeness (QED) is 0.469. The number of benzene rings is 3. The Morgan fingerprint density at radius 2 is 1.34 bits per heavy atom. The maximum Gasteiger partial charge on any atom is 0.369 e. The fourth-order valence-corrected chi connectivity index (χ4v) is 3.78. The topological polar surface area (TPSA) is 85.7 Å². The minimum absolute atomic E-state index is 0.144. The SMILES string of the molecule is O=C(ON1C(=O)c2ccccc2C1=O)c1cn(Cc2ccccc2)c2ccccc2c1=O. The molecular weight excluding hydrogens is 408 g/mol. The maximum atomic E-state index is 13.0. The van der Waals surface area contributed by atoms with E-state index in [2.05, 4.69) is 0 Å². The number of amides is 2. The van der Waals surface area contributed by atoms with E-state index in [1.165, 1.54) is 18.3 Å². The van der Waals surface area contributed by atoms with Gasteiger partial charge in [0.05, 0.1) is 16.6 Å².